The van der Waals surface area contributed by atoms with Crippen molar-refractivity contribution in [1.82, 2.24) is 30.2 Å². The summed E-state index contributed by atoms with van der Waals surface area (Å²) in [5.74, 6) is -0.831. The van der Waals surface area contributed by atoms with Gasteiger partial charge in [-0.3, -0.25) is 24.5 Å². The molecule has 2 N–H and O–H groups in total. The third kappa shape index (κ3) is 11.9. The number of carbonyl (C=O) groups is 3. The van der Waals surface area contributed by atoms with E-state index < -0.39 is 53.5 Å². The molecule has 3 aliphatic rings. The van der Waals surface area contributed by atoms with Crippen molar-refractivity contribution in [3.05, 3.63) is 58.3 Å². The topological polar surface area (TPSA) is 155 Å². The number of carbonyl (C=O) groups excluding carboxylic acids is 3. The summed E-state index contributed by atoms with van der Waals surface area (Å²) in [5, 5.41) is 5.33. The molecule has 0 unspecified atom stereocenters. The fraction of sp³-hybridized carbons (Fsp3) is 0.633. The molecule has 0 aliphatic carbocycles. The molecule has 66 heavy (non-hydrogen) atoms. The molecule has 2 fully saturated rings. The quantitative estimate of drug-likeness (QED) is 0.110. The van der Waals surface area contributed by atoms with Crippen LogP contribution in [0.4, 0.5) is 4.79 Å². The van der Waals surface area contributed by atoms with Crippen molar-refractivity contribution in [2.24, 2.45) is 5.41 Å². The van der Waals surface area contributed by atoms with Gasteiger partial charge in [0.25, 0.3) is 5.91 Å². The zero-order valence-corrected chi connectivity index (χ0v) is 42.9. The highest BCUT2D eigenvalue weighted by Gasteiger charge is 2.52. The van der Waals surface area contributed by atoms with Crippen molar-refractivity contribution < 1.29 is 42.6 Å². The number of aromatic nitrogens is 2. The van der Waals surface area contributed by atoms with E-state index in [1.807, 2.05) is 13.0 Å². The van der Waals surface area contributed by atoms with Crippen molar-refractivity contribution in [2.45, 2.75) is 149 Å². The lowest BCUT2D eigenvalue weighted by Gasteiger charge is -2.39. The number of aryl methyl sites for hydroxylation is 1. The molecule has 2 amide bonds. The normalized spacial score (nSPS) is 21.1. The fourth-order valence-electron chi connectivity index (χ4n) is 8.89. The number of pyridine rings is 1. The number of alkyl carbamates (subject to hydrolysis) is 1. The summed E-state index contributed by atoms with van der Waals surface area (Å²) in [4.78, 5) is 48.5. The number of rotatable bonds is 16. The molecule has 0 bridgehead atoms. The maximum atomic E-state index is 14.4. The van der Waals surface area contributed by atoms with Crippen LogP contribution < -0.4 is 16.2 Å². The third-order valence-corrected chi connectivity index (χ3v) is 13.7. The second kappa shape index (κ2) is 20.8. The number of hydrogen-bond donors (Lipinski definition) is 2. The Hall–Kier alpha value is -3.84. The van der Waals surface area contributed by atoms with Gasteiger partial charge in [-0.1, -0.05) is 48.0 Å². The van der Waals surface area contributed by atoms with E-state index in [4.69, 9.17) is 33.2 Å². The largest absolute Gasteiger partial charge is 0.494 e. The number of hydrazine groups is 1. The first-order valence-electron chi connectivity index (χ1n) is 23.3. The van der Waals surface area contributed by atoms with E-state index in [9.17, 15) is 14.4 Å². The van der Waals surface area contributed by atoms with E-state index in [2.05, 4.69) is 115 Å². The predicted molar refractivity (Wildman–Crippen MR) is 260 cm³/mol. The van der Waals surface area contributed by atoms with Crippen LogP contribution in [0.1, 0.15) is 113 Å². The first-order valence-corrected chi connectivity index (χ1v) is 24.1. The fourth-order valence-corrected chi connectivity index (χ4v) is 9.39. The molecule has 0 saturated carbocycles. The summed E-state index contributed by atoms with van der Waals surface area (Å²) in [6, 6.07) is 8.71. The van der Waals surface area contributed by atoms with Crippen molar-refractivity contribution in [3.8, 4) is 11.3 Å². The highest BCUT2D eigenvalue weighted by atomic mass is 79.9. The average molecular weight is 980 g/mol. The molecule has 2 saturated heterocycles. The highest BCUT2D eigenvalue weighted by molar-refractivity contribution is 9.11. The molecular weight excluding hydrogens is 907 g/mol. The number of benzene rings is 1. The Labute approximate surface area is 400 Å². The van der Waals surface area contributed by atoms with E-state index >= 15 is 0 Å². The monoisotopic (exact) mass is 978 g/mol. The minimum Gasteiger partial charge on any atom is -0.464 e. The summed E-state index contributed by atoms with van der Waals surface area (Å²) in [7, 11) is 2.79. The number of methoxy groups -OCH3 is 2. The number of nitrogens with zero attached hydrogens (tertiary/aromatic N) is 4. The van der Waals surface area contributed by atoms with E-state index in [-0.39, 0.29) is 31.2 Å². The van der Waals surface area contributed by atoms with Gasteiger partial charge in [0, 0.05) is 79.0 Å². The highest BCUT2D eigenvalue weighted by Crippen LogP contribution is 2.41. The second-order valence-electron chi connectivity index (χ2n) is 20.6. The van der Waals surface area contributed by atoms with Crippen molar-refractivity contribution in [2.75, 3.05) is 47.1 Å². The molecular formula is C49H72BBrN6O9. The lowest BCUT2D eigenvalue weighted by molar-refractivity contribution is -0.155. The first kappa shape index (κ1) is 51.6. The number of fused-ring (bicyclic) bond motifs is 1. The predicted octanol–water partition coefficient (Wildman–Crippen LogP) is 7.23. The Morgan fingerprint density at radius 3 is 2.44 bits per heavy atom. The van der Waals surface area contributed by atoms with Crippen LogP contribution >= 0.6 is 15.9 Å². The number of halogens is 1. The van der Waals surface area contributed by atoms with Crippen molar-refractivity contribution in [1.29, 1.82) is 0 Å². The van der Waals surface area contributed by atoms with Gasteiger partial charge in [0.2, 0.25) is 0 Å². The van der Waals surface area contributed by atoms with Crippen LogP contribution in [-0.4, -0.2) is 127 Å². The number of hydrogen-bond acceptors (Lipinski definition) is 12. The van der Waals surface area contributed by atoms with Crippen LogP contribution in [0.15, 0.2) is 47.1 Å². The molecule has 1 aromatic carbocycles. The summed E-state index contributed by atoms with van der Waals surface area (Å²) < 4.78 is 39.4. The Bertz CT molecular complexity index is 2240. The van der Waals surface area contributed by atoms with Crippen LogP contribution in [0.5, 0.6) is 0 Å². The van der Waals surface area contributed by atoms with Crippen LogP contribution in [0, 0.1) is 5.41 Å². The molecule has 4 atom stereocenters. The van der Waals surface area contributed by atoms with Gasteiger partial charge in [-0.05, 0) is 117 Å². The first-order chi connectivity index (χ1) is 31.0. The zero-order valence-electron chi connectivity index (χ0n) is 41.3. The Kier molecular flexibility index (Phi) is 16.2. The maximum absolute atomic E-state index is 14.4. The number of amides is 2. The second-order valence-corrected chi connectivity index (χ2v) is 21.7. The SMILES string of the molecule is CCn1c(-c2cccnc2[C@H](C)OC)c(CC(C)(C)COC(=O)[C@@H]2CCCN(C(=O)[C@H](CN3CC(Br)=CC[C@@H]3COC)NC(=O)OC(C)(C)C)N2)c2cc(B3OC(C)(C)C(C)(C)O3)ccc21. The summed E-state index contributed by atoms with van der Waals surface area (Å²) in [6.45, 7) is 24.2. The van der Waals surface area contributed by atoms with E-state index in [1.165, 1.54) is 5.01 Å². The van der Waals surface area contributed by atoms with Gasteiger partial charge >= 0.3 is 19.2 Å². The van der Waals surface area contributed by atoms with Gasteiger partial charge in [0.05, 0.1) is 41.9 Å². The molecule has 6 rings (SSSR count). The van der Waals surface area contributed by atoms with Crippen LogP contribution in [-0.2, 0) is 50.8 Å². The molecule has 3 aromatic rings. The van der Waals surface area contributed by atoms with Crippen molar-refractivity contribution in [3.63, 3.8) is 0 Å². The van der Waals surface area contributed by atoms with Gasteiger partial charge in [-0.25, -0.2) is 10.2 Å². The van der Waals surface area contributed by atoms with E-state index in [0.717, 1.165) is 49.8 Å². The Morgan fingerprint density at radius 2 is 1.79 bits per heavy atom. The summed E-state index contributed by atoms with van der Waals surface area (Å²) >= 11 is 3.62. The molecule has 5 heterocycles. The van der Waals surface area contributed by atoms with Crippen LogP contribution in [0.2, 0.25) is 0 Å². The zero-order chi connectivity index (χ0) is 48.4. The lowest BCUT2D eigenvalue weighted by atomic mass is 9.77. The number of ether oxygens (including phenoxy) is 4. The van der Waals surface area contributed by atoms with Crippen LogP contribution in [0.3, 0.4) is 0 Å². The number of esters is 1. The van der Waals surface area contributed by atoms with E-state index in [1.54, 1.807) is 41.2 Å². The molecule has 0 radical (unpaired) electrons. The molecule has 3 aliphatic heterocycles. The molecule has 0 spiro atoms. The lowest BCUT2D eigenvalue weighted by Crippen LogP contribution is -2.63. The van der Waals surface area contributed by atoms with E-state index in [0.29, 0.717) is 45.5 Å². The van der Waals surface area contributed by atoms with Crippen molar-refractivity contribution >= 4 is 57.4 Å². The summed E-state index contributed by atoms with van der Waals surface area (Å²) in [5.41, 5.74) is 6.74. The minimum atomic E-state index is -0.976. The summed E-state index contributed by atoms with van der Waals surface area (Å²) in [6.07, 6.45) is 5.23. The van der Waals surface area contributed by atoms with Gasteiger partial charge in [-0.2, -0.15) is 0 Å². The van der Waals surface area contributed by atoms with Crippen LogP contribution in [0.25, 0.3) is 22.2 Å². The van der Waals surface area contributed by atoms with Gasteiger partial charge in [-0.15, -0.1) is 0 Å². The Balaban J connectivity index is 1.24. The minimum absolute atomic E-state index is 0.000405. The average Bonchev–Trinajstić information content (AvgIpc) is 3.68. The Morgan fingerprint density at radius 1 is 1.08 bits per heavy atom. The number of nitrogens with one attached hydrogen (secondary N) is 2. The molecule has 2 aromatic heterocycles. The molecule has 15 nitrogen and oxygen atoms in total. The van der Waals surface area contributed by atoms with Gasteiger partial charge < -0.3 is 38.1 Å². The smallest absolute Gasteiger partial charge is 0.464 e. The standard InChI is InChI=1S/C49H72BBrN6O9/c1-14-56-40-22-19-32(50-65-48(8,9)49(10,11)66-50)25-36(40)37(42(56)35-17-15-23-52-41(35)31(2)62-13)26-47(6,7)30-63-44(59)38-18-16-24-57(54-38)43(58)39(53-45(60)64-46(3,4)5)28-55-27-33(51)20-21-34(55)29-61-12/h15,17,19-20,22-23,25,31,34,38-39,54H,14,16,18,21,24,26-30H2,1-13H3,(H,53,60)/t31-,34+,38-,39-/m0/s1. The van der Waals surface area contributed by atoms with Gasteiger partial charge in [0.15, 0.2) is 0 Å². The molecule has 362 valence electrons. The van der Waals surface area contributed by atoms with Gasteiger partial charge in [0.1, 0.15) is 17.7 Å². The molecule has 17 heteroatoms. The third-order valence-electron chi connectivity index (χ3n) is 13.1. The maximum Gasteiger partial charge on any atom is 0.494 e.